The molecule has 0 aliphatic carbocycles. The summed E-state index contributed by atoms with van der Waals surface area (Å²) in [4.78, 5) is 28.6. The third-order valence-electron chi connectivity index (χ3n) is 8.61. The van der Waals surface area contributed by atoms with Gasteiger partial charge in [0.05, 0.1) is 11.5 Å². The minimum Gasteiger partial charge on any atom is -0.474 e. The van der Waals surface area contributed by atoms with Gasteiger partial charge in [0.2, 0.25) is 29.3 Å². The van der Waals surface area contributed by atoms with Crippen LogP contribution in [0.5, 0.6) is 11.8 Å². The molecule has 0 bridgehead atoms. The minimum atomic E-state index is -1.02. The van der Waals surface area contributed by atoms with Gasteiger partial charge in [-0.3, -0.25) is 0 Å². The van der Waals surface area contributed by atoms with E-state index < -0.39 is 29.4 Å². The van der Waals surface area contributed by atoms with Gasteiger partial charge in [-0.2, -0.15) is 15.0 Å². The predicted molar refractivity (Wildman–Crippen MR) is 195 cm³/mol. The van der Waals surface area contributed by atoms with Crippen LogP contribution in [0.3, 0.4) is 0 Å². The van der Waals surface area contributed by atoms with Gasteiger partial charge in [-0.1, -0.05) is 35.8 Å². The maximum absolute atomic E-state index is 14.4. The molecule has 11 nitrogen and oxygen atoms in total. The highest BCUT2D eigenvalue weighted by molar-refractivity contribution is 7.27. The number of piperidine rings is 1. The van der Waals surface area contributed by atoms with E-state index in [4.69, 9.17) is 41.7 Å². The monoisotopic (exact) mass is 730 g/mol. The van der Waals surface area contributed by atoms with Crippen molar-refractivity contribution in [1.29, 1.82) is 0 Å². The van der Waals surface area contributed by atoms with Crippen LogP contribution in [0.4, 0.5) is 9.18 Å². The molecule has 0 radical (unpaired) electrons. The number of amides is 1. The second-order valence-corrected chi connectivity index (χ2v) is 15.3. The van der Waals surface area contributed by atoms with Crippen LogP contribution in [0.2, 0.25) is 5.02 Å². The summed E-state index contributed by atoms with van der Waals surface area (Å²) >= 11 is 6.60. The molecule has 1 aromatic carbocycles. The summed E-state index contributed by atoms with van der Waals surface area (Å²) in [5.74, 6) is 3.55. The molecule has 50 heavy (non-hydrogen) atoms. The zero-order valence-corrected chi connectivity index (χ0v) is 32.0. The Morgan fingerprint density at radius 2 is 1.92 bits per heavy atom. The Kier molecular flexibility index (Phi) is 13.1. The average Bonchev–Trinajstić information content (AvgIpc) is 3.52. The van der Waals surface area contributed by atoms with E-state index in [-0.39, 0.29) is 48.0 Å². The van der Waals surface area contributed by atoms with Crippen LogP contribution in [0.25, 0.3) is 11.6 Å². The van der Waals surface area contributed by atoms with Crippen LogP contribution >= 0.6 is 20.8 Å². The van der Waals surface area contributed by atoms with Crippen LogP contribution in [0.15, 0.2) is 28.8 Å². The number of hydrogen-bond donors (Lipinski definition) is 1. The van der Waals surface area contributed by atoms with Gasteiger partial charge in [0.25, 0.3) is 0 Å². The zero-order valence-electron chi connectivity index (χ0n) is 30.1. The quantitative estimate of drug-likeness (QED) is 0.153. The first-order valence-corrected chi connectivity index (χ1v) is 17.8. The van der Waals surface area contributed by atoms with E-state index in [9.17, 15) is 9.18 Å². The van der Waals surface area contributed by atoms with Crippen molar-refractivity contribution in [2.75, 3.05) is 20.1 Å². The molecule has 4 rings (SSSR count). The molecule has 1 fully saturated rings. The molecule has 0 saturated carbocycles. The lowest BCUT2D eigenvalue weighted by Gasteiger charge is -2.39. The normalized spacial score (nSPS) is 18.6. The number of terminal acetylenes is 1. The molecule has 1 saturated heterocycles. The molecule has 6 atom stereocenters. The third kappa shape index (κ3) is 10.0. The number of hydrogen-bond acceptors (Lipinski definition) is 10. The first-order valence-electron chi connectivity index (χ1n) is 16.9. The van der Waals surface area contributed by atoms with Gasteiger partial charge < -0.3 is 29.0 Å². The highest BCUT2D eigenvalue weighted by atomic mass is 35.5. The van der Waals surface area contributed by atoms with E-state index in [1.807, 2.05) is 66.7 Å². The maximum atomic E-state index is 14.4. The number of likely N-dealkylation sites (tertiary alicyclic amines) is 1. The van der Waals surface area contributed by atoms with Gasteiger partial charge in [0.1, 0.15) is 24.0 Å². The van der Waals surface area contributed by atoms with Crippen molar-refractivity contribution in [1.82, 2.24) is 30.3 Å². The molecule has 2 aromatic heterocycles. The van der Waals surface area contributed by atoms with E-state index in [1.54, 1.807) is 18.0 Å². The van der Waals surface area contributed by atoms with Gasteiger partial charge >= 0.3 is 6.09 Å². The standard InChI is InChI=1S/C36H49ClFN6O5P/c1-10-12-24-18-25(15-16-44(24)34(45)48-35(4,5)6)47-29-19-28(46-22(3)21(2)17-23(38)20-39-9)40-31(41-29)32-42-33(49-43-32)36(7,8)30-26(37)13-11-14-27(30)50/h1,11,13-14,19,21-25,39H,12,15-18,20,50H2,2-9H3/t21-,22-,23+,24+,25-/m0/s1. The Balaban J connectivity index is 1.64. The number of aromatic nitrogens is 4. The average molecular weight is 731 g/mol. The Morgan fingerprint density at radius 1 is 1.20 bits per heavy atom. The van der Waals surface area contributed by atoms with Crippen LogP contribution < -0.4 is 20.1 Å². The molecule has 0 spiro atoms. The van der Waals surface area contributed by atoms with Crippen molar-refractivity contribution in [3.63, 3.8) is 0 Å². The van der Waals surface area contributed by atoms with Crippen LogP contribution in [0.1, 0.15) is 85.6 Å². The Labute approximate surface area is 302 Å². The number of nitrogens with zero attached hydrogens (tertiary/aromatic N) is 5. The molecule has 1 aliphatic heterocycles. The summed E-state index contributed by atoms with van der Waals surface area (Å²) < 4.78 is 38.5. The predicted octanol–water partition coefficient (Wildman–Crippen LogP) is 6.53. The van der Waals surface area contributed by atoms with Crippen LogP contribution in [-0.4, -0.2) is 81.3 Å². The Hall–Kier alpha value is -3.52. The van der Waals surface area contributed by atoms with E-state index in [0.29, 0.717) is 43.1 Å². The Morgan fingerprint density at radius 3 is 2.58 bits per heavy atom. The number of halogens is 2. The zero-order chi connectivity index (χ0) is 36.8. The number of carbonyl (C=O) groups is 1. The highest BCUT2D eigenvalue weighted by Gasteiger charge is 2.36. The van der Waals surface area contributed by atoms with Gasteiger partial charge in [-0.05, 0) is 77.9 Å². The largest absolute Gasteiger partial charge is 0.474 e. The lowest BCUT2D eigenvalue weighted by Crippen LogP contribution is -2.50. The summed E-state index contributed by atoms with van der Waals surface area (Å²) in [6.45, 7) is 13.8. The topological polar surface area (TPSA) is 125 Å². The molecule has 1 aliphatic rings. The molecule has 272 valence electrons. The first kappa shape index (κ1) is 39.3. The molecule has 1 amide bonds. The van der Waals surface area contributed by atoms with Crippen LogP contribution in [-0.2, 0) is 10.2 Å². The van der Waals surface area contributed by atoms with Crippen molar-refractivity contribution in [3.8, 4) is 35.8 Å². The molecular weight excluding hydrogens is 682 g/mol. The number of alkyl halides is 1. The molecule has 14 heteroatoms. The highest BCUT2D eigenvalue weighted by Crippen LogP contribution is 2.36. The molecule has 3 aromatic rings. The first-order chi connectivity index (χ1) is 23.5. The van der Waals surface area contributed by atoms with Crippen molar-refractivity contribution in [3.05, 3.63) is 40.7 Å². The summed E-state index contributed by atoms with van der Waals surface area (Å²) in [6.07, 6.45) is 5.16. The number of rotatable bonds is 13. The van der Waals surface area contributed by atoms with Gasteiger partial charge in [-0.15, -0.1) is 21.6 Å². The smallest absolute Gasteiger partial charge is 0.410 e. The van der Waals surface area contributed by atoms with E-state index in [1.165, 1.54) is 0 Å². The third-order valence-corrected chi connectivity index (χ3v) is 9.40. The number of benzene rings is 1. The lowest BCUT2D eigenvalue weighted by atomic mass is 9.84. The van der Waals surface area contributed by atoms with Crippen LogP contribution in [0, 0.1) is 18.3 Å². The molecule has 1 unspecified atom stereocenters. The summed E-state index contributed by atoms with van der Waals surface area (Å²) in [7, 11) is 4.42. The molecular formula is C36H49ClFN6O5P. The maximum Gasteiger partial charge on any atom is 0.410 e. The van der Waals surface area contributed by atoms with E-state index in [0.717, 1.165) is 10.9 Å². The summed E-state index contributed by atoms with van der Waals surface area (Å²) in [5, 5.41) is 8.56. The fourth-order valence-electron chi connectivity index (χ4n) is 5.89. The number of ether oxygens (including phenoxy) is 3. The fourth-order valence-corrected chi connectivity index (χ4v) is 7.03. The van der Waals surface area contributed by atoms with E-state index >= 15 is 0 Å². The summed E-state index contributed by atoms with van der Waals surface area (Å²) in [5.41, 5.74) is -0.556. The van der Waals surface area contributed by atoms with Crippen molar-refractivity contribution >= 4 is 32.2 Å². The van der Waals surface area contributed by atoms with Gasteiger partial charge in [-0.25, -0.2) is 9.18 Å². The van der Waals surface area contributed by atoms with Crippen molar-refractivity contribution in [2.45, 2.75) is 110 Å². The number of carbonyl (C=O) groups excluding carboxylic acids is 1. The second kappa shape index (κ2) is 16.7. The second-order valence-electron chi connectivity index (χ2n) is 14.3. The van der Waals surface area contributed by atoms with Gasteiger partial charge in [0, 0.05) is 43.4 Å². The van der Waals surface area contributed by atoms with Crippen molar-refractivity contribution in [2.24, 2.45) is 5.92 Å². The summed E-state index contributed by atoms with van der Waals surface area (Å²) in [6, 6.07) is 6.94. The fraction of sp³-hybridized carbons (Fsp3) is 0.583. The SMILES string of the molecule is C#CC[C@@H]1C[C@@H](Oc2cc(O[C@@H](C)[C@@H](C)C[C@@H](F)CNC)nc(-c3noc(C(C)(C)c4c(P)cccc4Cl)n3)n2)CCN1C(=O)OC(C)(C)C. The van der Waals surface area contributed by atoms with Gasteiger partial charge in [0.15, 0.2) is 0 Å². The Bertz CT molecular complexity index is 1640. The lowest BCUT2D eigenvalue weighted by molar-refractivity contribution is -0.00376. The van der Waals surface area contributed by atoms with Crippen molar-refractivity contribution < 1.29 is 27.9 Å². The van der Waals surface area contributed by atoms with E-state index in [2.05, 4.69) is 35.6 Å². The molecule has 3 heterocycles. The molecule has 1 N–H and O–H groups in total. The number of nitrogens with one attached hydrogen (secondary N) is 1. The minimum absolute atomic E-state index is 0.123.